The fraction of sp³-hybridized carbons (Fsp3) is 0.261. The number of likely N-dealkylation sites (N-methyl/N-ethyl adjacent to an activating group) is 1. The fourth-order valence-corrected chi connectivity index (χ4v) is 3.86. The summed E-state index contributed by atoms with van der Waals surface area (Å²) in [5.74, 6) is 0.261. The molecular formula is C23H24FN9O2. The third-order valence-corrected chi connectivity index (χ3v) is 5.51. The lowest BCUT2D eigenvalue weighted by Crippen LogP contribution is -2.20. The number of rotatable bonds is 7. The number of ether oxygens (including phenoxy) is 1. The molecule has 0 atom stereocenters. The summed E-state index contributed by atoms with van der Waals surface area (Å²) in [5, 5.41) is 19.6. The summed E-state index contributed by atoms with van der Waals surface area (Å²) in [6.45, 7) is 3.31. The van der Waals surface area contributed by atoms with Gasteiger partial charge in [0.1, 0.15) is 48.1 Å². The minimum absolute atomic E-state index is 0.144. The van der Waals surface area contributed by atoms with Gasteiger partial charge >= 0.3 is 0 Å². The number of halogens is 1. The van der Waals surface area contributed by atoms with E-state index >= 15 is 0 Å². The molecule has 0 saturated heterocycles. The first-order valence-corrected chi connectivity index (χ1v) is 10.9. The first-order chi connectivity index (χ1) is 16.8. The Kier molecular flexibility index (Phi) is 5.65. The average Bonchev–Trinajstić information content (AvgIpc) is 3.35. The van der Waals surface area contributed by atoms with Crippen molar-refractivity contribution in [2.24, 2.45) is 0 Å². The van der Waals surface area contributed by atoms with Gasteiger partial charge in [0, 0.05) is 24.4 Å². The normalized spacial score (nSPS) is 11.7. The zero-order valence-corrected chi connectivity index (χ0v) is 19.5. The predicted molar refractivity (Wildman–Crippen MR) is 128 cm³/mol. The monoisotopic (exact) mass is 477 g/mol. The maximum atomic E-state index is 14.0. The molecule has 0 amide bonds. The third-order valence-electron chi connectivity index (χ3n) is 5.51. The molecule has 0 radical (unpaired) electrons. The maximum Gasteiger partial charge on any atom is 0.242 e. The molecule has 0 aliphatic rings. The standard InChI is InChI=1S/C23H24FN9O2/c1-13-4-5-32-20(13)23(35-7-6-31(2)3)28-17(29-32)11-33-22-18(21(25)26-12-27-22)19(30-33)14-8-15(24)10-16(34)9-14/h4-5,8-10,12,34H,6-7,11H2,1-3H3,(H2,25,26,27). The molecule has 0 spiro atoms. The van der Waals surface area contributed by atoms with Crippen LogP contribution in [0.2, 0.25) is 0 Å². The van der Waals surface area contributed by atoms with Crippen LogP contribution >= 0.6 is 0 Å². The number of phenols is 1. The lowest BCUT2D eigenvalue weighted by atomic mass is 10.1. The Balaban J connectivity index is 1.59. The minimum Gasteiger partial charge on any atom is -0.508 e. The molecule has 180 valence electrons. The first-order valence-electron chi connectivity index (χ1n) is 10.9. The van der Waals surface area contributed by atoms with Gasteiger partial charge in [0.15, 0.2) is 11.5 Å². The molecule has 0 aliphatic heterocycles. The lowest BCUT2D eigenvalue weighted by molar-refractivity contribution is 0.254. The molecule has 5 rings (SSSR count). The Morgan fingerprint density at radius 3 is 2.77 bits per heavy atom. The van der Waals surface area contributed by atoms with E-state index in [1.165, 1.54) is 18.5 Å². The van der Waals surface area contributed by atoms with Crippen molar-refractivity contribution in [3.05, 3.63) is 54.0 Å². The highest BCUT2D eigenvalue weighted by molar-refractivity contribution is 5.98. The zero-order chi connectivity index (χ0) is 24.7. The zero-order valence-electron chi connectivity index (χ0n) is 19.5. The van der Waals surface area contributed by atoms with E-state index in [1.54, 1.807) is 9.20 Å². The molecule has 0 fully saturated rings. The molecule has 0 aliphatic carbocycles. The summed E-state index contributed by atoms with van der Waals surface area (Å²) < 4.78 is 23.3. The number of hydrogen-bond acceptors (Lipinski definition) is 9. The largest absolute Gasteiger partial charge is 0.508 e. The van der Waals surface area contributed by atoms with E-state index in [1.807, 2.05) is 38.2 Å². The summed E-state index contributed by atoms with van der Waals surface area (Å²) >= 11 is 0. The van der Waals surface area contributed by atoms with Gasteiger partial charge < -0.3 is 20.5 Å². The quantitative estimate of drug-likeness (QED) is 0.362. The number of phenolic OH excluding ortho intramolecular Hbond substituents is 1. The molecule has 4 heterocycles. The van der Waals surface area contributed by atoms with E-state index in [0.29, 0.717) is 40.6 Å². The molecular weight excluding hydrogens is 453 g/mol. The van der Waals surface area contributed by atoms with Gasteiger partial charge in [0.05, 0.1) is 5.39 Å². The molecule has 0 saturated carbocycles. The van der Waals surface area contributed by atoms with E-state index in [4.69, 9.17) is 10.5 Å². The van der Waals surface area contributed by atoms with Crippen LogP contribution in [0.5, 0.6) is 11.6 Å². The van der Waals surface area contributed by atoms with Gasteiger partial charge in [0.2, 0.25) is 5.88 Å². The number of nitrogens with zero attached hydrogens (tertiary/aromatic N) is 8. The second kappa shape index (κ2) is 8.80. The second-order valence-electron chi connectivity index (χ2n) is 8.44. The Bertz CT molecular complexity index is 1520. The third kappa shape index (κ3) is 4.30. The van der Waals surface area contributed by atoms with Crippen molar-refractivity contribution < 1.29 is 14.2 Å². The number of anilines is 1. The smallest absolute Gasteiger partial charge is 0.242 e. The molecule has 3 N–H and O–H groups in total. The van der Waals surface area contributed by atoms with Crippen molar-refractivity contribution in [2.75, 3.05) is 33.0 Å². The highest BCUT2D eigenvalue weighted by atomic mass is 19.1. The van der Waals surface area contributed by atoms with Crippen molar-refractivity contribution in [3.63, 3.8) is 0 Å². The van der Waals surface area contributed by atoms with Crippen LogP contribution in [0.15, 0.2) is 36.8 Å². The van der Waals surface area contributed by atoms with Crippen molar-refractivity contribution >= 4 is 22.4 Å². The highest BCUT2D eigenvalue weighted by Gasteiger charge is 2.20. The summed E-state index contributed by atoms with van der Waals surface area (Å²) in [5.41, 5.74) is 9.04. The van der Waals surface area contributed by atoms with Crippen LogP contribution < -0.4 is 10.5 Å². The van der Waals surface area contributed by atoms with E-state index in [0.717, 1.165) is 23.7 Å². The molecule has 0 unspecified atom stereocenters. The summed E-state index contributed by atoms with van der Waals surface area (Å²) in [7, 11) is 3.94. The maximum absolute atomic E-state index is 14.0. The van der Waals surface area contributed by atoms with E-state index in [-0.39, 0.29) is 18.1 Å². The van der Waals surface area contributed by atoms with Crippen LogP contribution in [0.4, 0.5) is 10.2 Å². The summed E-state index contributed by atoms with van der Waals surface area (Å²) in [4.78, 5) is 15.1. The van der Waals surface area contributed by atoms with Gasteiger partial charge in [-0.2, -0.15) is 15.2 Å². The molecule has 0 bridgehead atoms. The van der Waals surface area contributed by atoms with Gasteiger partial charge in [0.25, 0.3) is 0 Å². The van der Waals surface area contributed by atoms with E-state index in [2.05, 4.69) is 25.1 Å². The Hall–Kier alpha value is -4.32. The van der Waals surface area contributed by atoms with E-state index < -0.39 is 5.82 Å². The fourth-order valence-electron chi connectivity index (χ4n) is 3.86. The van der Waals surface area contributed by atoms with Crippen molar-refractivity contribution in [1.82, 2.24) is 39.2 Å². The molecule has 1 aromatic carbocycles. The molecule has 11 nitrogen and oxygen atoms in total. The second-order valence-corrected chi connectivity index (χ2v) is 8.44. The minimum atomic E-state index is -0.602. The average molecular weight is 478 g/mol. The van der Waals surface area contributed by atoms with Crippen LogP contribution in [-0.2, 0) is 6.54 Å². The van der Waals surface area contributed by atoms with Crippen LogP contribution in [0.1, 0.15) is 11.4 Å². The molecule has 12 heteroatoms. The van der Waals surface area contributed by atoms with Gasteiger partial charge in [-0.3, -0.25) is 0 Å². The molecule has 5 aromatic rings. The topological polar surface area (TPSA) is 133 Å². The van der Waals surface area contributed by atoms with Crippen LogP contribution in [0.25, 0.3) is 27.8 Å². The number of benzene rings is 1. The number of nitrogen functional groups attached to an aromatic ring is 1. The highest BCUT2D eigenvalue weighted by Crippen LogP contribution is 2.32. The Labute approximate surface area is 199 Å². The Morgan fingerprint density at radius 1 is 1.17 bits per heavy atom. The number of fused-ring (bicyclic) bond motifs is 2. The van der Waals surface area contributed by atoms with Crippen LogP contribution in [-0.4, -0.2) is 71.6 Å². The first kappa shape index (κ1) is 22.5. The van der Waals surface area contributed by atoms with Crippen LogP contribution in [0.3, 0.4) is 0 Å². The number of aryl methyl sites for hydroxylation is 1. The van der Waals surface area contributed by atoms with Gasteiger partial charge in [-0.1, -0.05) is 0 Å². The van der Waals surface area contributed by atoms with Crippen molar-refractivity contribution in [3.8, 4) is 22.9 Å². The van der Waals surface area contributed by atoms with E-state index in [9.17, 15) is 9.50 Å². The number of hydrogen-bond donors (Lipinski definition) is 2. The number of aromatic hydroxyl groups is 1. The summed E-state index contributed by atoms with van der Waals surface area (Å²) in [6.07, 6.45) is 3.18. The predicted octanol–water partition coefficient (Wildman–Crippen LogP) is 2.26. The SMILES string of the molecule is Cc1ccn2nc(Cn3nc(-c4cc(O)cc(F)c4)c4c(N)ncnc43)nc(OCCN(C)C)c12. The van der Waals surface area contributed by atoms with Gasteiger partial charge in [-0.25, -0.2) is 23.6 Å². The van der Waals surface area contributed by atoms with Gasteiger partial charge in [-0.05, 0) is 44.8 Å². The molecule has 35 heavy (non-hydrogen) atoms. The van der Waals surface area contributed by atoms with Crippen molar-refractivity contribution in [2.45, 2.75) is 13.5 Å². The molecule has 4 aromatic heterocycles. The Morgan fingerprint density at radius 2 is 2.00 bits per heavy atom. The van der Waals surface area contributed by atoms with Crippen LogP contribution in [0, 0.1) is 12.7 Å². The number of nitrogens with two attached hydrogens (primary N) is 1. The van der Waals surface area contributed by atoms with Crippen molar-refractivity contribution in [1.29, 1.82) is 0 Å². The number of aromatic nitrogens is 7. The van der Waals surface area contributed by atoms with Gasteiger partial charge in [-0.15, -0.1) is 0 Å². The lowest BCUT2D eigenvalue weighted by Gasteiger charge is -2.12. The summed E-state index contributed by atoms with van der Waals surface area (Å²) in [6, 6.07) is 5.63.